The van der Waals surface area contributed by atoms with E-state index in [1.807, 2.05) is 48.8 Å². The van der Waals surface area contributed by atoms with Gasteiger partial charge in [0, 0.05) is 72.8 Å². The smallest absolute Gasteiger partial charge is 0.264 e. The second-order valence-corrected chi connectivity index (χ2v) is 25.3. The number of hydrogen-bond donors (Lipinski definition) is 7. The molecule has 0 radical (unpaired) electrons. The Kier molecular flexibility index (Phi) is 23.0. The van der Waals surface area contributed by atoms with E-state index in [1.54, 1.807) is 33.6 Å². The van der Waals surface area contributed by atoms with Crippen molar-refractivity contribution in [2.45, 2.75) is 56.4 Å². The highest BCUT2D eigenvalue weighted by Crippen LogP contribution is 2.34. The molecule has 0 bridgehead atoms. The fraction of sp³-hybridized carbons (Fsp3) is 0.342. The number of benzene rings is 6. The Morgan fingerprint density at radius 1 is 0.500 bits per heavy atom. The van der Waals surface area contributed by atoms with Crippen molar-refractivity contribution in [2.24, 2.45) is 11.5 Å². The van der Waals surface area contributed by atoms with E-state index < -0.39 is 78.3 Å². The summed E-state index contributed by atoms with van der Waals surface area (Å²) in [6, 6.07) is 34.7. The van der Waals surface area contributed by atoms with Gasteiger partial charge in [-0.25, -0.2) is 9.36 Å². The molecular weight excluding hydrogens is 1310 g/mol. The number of hydrogen-bond acceptors (Lipinski definition) is 19. The maximum Gasteiger partial charge on any atom is 0.264 e. The van der Waals surface area contributed by atoms with E-state index >= 15 is 0 Å². The first-order valence-electron chi connectivity index (χ1n) is 33.8. The van der Waals surface area contributed by atoms with Crippen molar-refractivity contribution in [3.63, 3.8) is 0 Å². The molecule has 2 aromatic heterocycles. The quantitative estimate of drug-likeness (QED) is 0.0215. The first-order chi connectivity index (χ1) is 49.5. The molecule has 9 N–H and O–H groups in total. The van der Waals surface area contributed by atoms with Gasteiger partial charge in [0.25, 0.3) is 23.6 Å². The number of primary amides is 2. The number of aromatic nitrogens is 4. The van der Waals surface area contributed by atoms with E-state index in [4.69, 9.17) is 35.2 Å². The van der Waals surface area contributed by atoms with Crippen LogP contribution < -0.4 is 38.1 Å². The van der Waals surface area contributed by atoms with Gasteiger partial charge in [-0.3, -0.25) is 58.2 Å². The molecule has 1 unspecified atom stereocenters. The maximum atomic E-state index is 13.6. The minimum Gasteiger partial charge on any atom is -0.378 e. The third kappa shape index (κ3) is 17.6. The summed E-state index contributed by atoms with van der Waals surface area (Å²) in [5.74, 6) is -5.85. The highest BCUT2D eigenvalue weighted by atomic mass is 16.5. The van der Waals surface area contributed by atoms with E-state index in [1.165, 1.54) is 47.5 Å². The number of rotatable bonds is 31. The van der Waals surface area contributed by atoms with Crippen LogP contribution in [0.3, 0.4) is 0 Å². The topological polar surface area (TPSA) is 374 Å². The Balaban J connectivity index is 0.585. The van der Waals surface area contributed by atoms with Gasteiger partial charge in [0.05, 0.1) is 79.0 Å². The number of imide groups is 2. The van der Waals surface area contributed by atoms with Crippen LogP contribution in [0, 0.1) is 0 Å². The predicted molar refractivity (Wildman–Crippen MR) is 374 cm³/mol. The molecule has 3 fully saturated rings. The van der Waals surface area contributed by atoms with Crippen molar-refractivity contribution in [1.82, 2.24) is 39.6 Å². The average molecular weight is 1390 g/mol. The molecule has 530 valence electrons. The second-order valence-electron chi connectivity index (χ2n) is 25.3. The van der Waals surface area contributed by atoms with Crippen LogP contribution in [0.2, 0.25) is 0 Å². The molecule has 6 heterocycles. The number of carbonyl (C=O) groups excluding carboxylic acids is 10. The first kappa shape index (κ1) is 70.9. The molecule has 3 saturated heterocycles. The lowest BCUT2D eigenvalue weighted by Crippen LogP contribution is -2.54. The summed E-state index contributed by atoms with van der Waals surface area (Å²) in [4.78, 5) is 134. The second kappa shape index (κ2) is 33.0. The molecule has 3 atom stereocenters. The molecule has 6 aromatic carbocycles. The van der Waals surface area contributed by atoms with Crippen LogP contribution in [-0.2, 0) is 52.5 Å². The number of nitrogens with one attached hydrogen (secondary N) is 5. The highest BCUT2D eigenvalue weighted by Gasteiger charge is 2.46. The Morgan fingerprint density at radius 2 is 0.951 bits per heavy atom. The third-order valence-electron chi connectivity index (χ3n) is 18.2. The molecule has 4 aliphatic heterocycles. The van der Waals surface area contributed by atoms with Gasteiger partial charge in [0.1, 0.15) is 43.5 Å². The van der Waals surface area contributed by atoms with Gasteiger partial charge in [0.15, 0.2) is 0 Å². The summed E-state index contributed by atoms with van der Waals surface area (Å²) >= 11 is 0. The zero-order valence-corrected chi connectivity index (χ0v) is 55.9. The van der Waals surface area contributed by atoms with E-state index in [2.05, 4.69) is 70.8 Å². The minimum atomic E-state index is -1.21. The number of nitrogens with two attached hydrogens (primary N) is 2. The zero-order chi connectivity index (χ0) is 71.2. The monoisotopic (exact) mass is 1390 g/mol. The molecule has 0 aliphatic carbocycles. The molecule has 0 spiro atoms. The van der Waals surface area contributed by atoms with Gasteiger partial charge in [-0.15, -0.1) is 0 Å². The summed E-state index contributed by atoms with van der Waals surface area (Å²) in [6.45, 7) is 4.67. The Bertz CT molecular complexity index is 4280. The summed E-state index contributed by atoms with van der Waals surface area (Å²) in [6.07, 6.45) is 7.80. The zero-order valence-electron chi connectivity index (χ0n) is 55.9. The molecule has 0 saturated carbocycles. The SMILES string of the molecule is NC(=O)c1cccc2cn(-c3ccc([C@@H]4CCCN(CCOCCOCC(=O)Nc5cc(NC(=O)COCCOCCN6CCC[C@@H](c7ccc(-n8cc9cccc(C(N)=O)c9n8)cc7)C6)cc(NC(=O)COCC(=O)Nc6cccc7c6C(=O)N(C6CCC(=O)NC6=O)C7=O)c5)C4)cc3)nc12. The van der Waals surface area contributed by atoms with Crippen molar-refractivity contribution in [3.8, 4) is 11.4 Å². The van der Waals surface area contributed by atoms with Crippen LogP contribution in [0.1, 0.15) is 103 Å². The first-order valence-corrected chi connectivity index (χ1v) is 33.8. The van der Waals surface area contributed by atoms with Crippen molar-refractivity contribution in [3.05, 3.63) is 167 Å². The highest BCUT2D eigenvalue weighted by molar-refractivity contribution is 6.26. The largest absolute Gasteiger partial charge is 0.378 e. The predicted octanol–water partition coefficient (Wildman–Crippen LogP) is 5.26. The third-order valence-corrected chi connectivity index (χ3v) is 18.2. The van der Waals surface area contributed by atoms with Gasteiger partial charge in [-0.1, -0.05) is 54.6 Å². The Morgan fingerprint density at radius 3 is 1.42 bits per heavy atom. The van der Waals surface area contributed by atoms with Crippen molar-refractivity contribution in [1.29, 1.82) is 0 Å². The number of ether oxygens (including phenoxy) is 5. The lowest BCUT2D eigenvalue weighted by Gasteiger charge is -2.33. The normalized spacial score (nSPS) is 17.2. The van der Waals surface area contributed by atoms with E-state index in [9.17, 15) is 47.9 Å². The summed E-state index contributed by atoms with van der Waals surface area (Å²) in [7, 11) is 0. The van der Waals surface area contributed by atoms with Crippen molar-refractivity contribution in [2.75, 3.05) is 127 Å². The fourth-order valence-electron chi connectivity index (χ4n) is 13.2. The molecule has 102 heavy (non-hydrogen) atoms. The number of carbonyl (C=O) groups is 10. The molecule has 4 aliphatic rings. The number of amides is 10. The van der Waals surface area contributed by atoms with Crippen LogP contribution in [-0.4, -0.2) is 205 Å². The average Bonchev–Trinajstić information content (AvgIpc) is 1.60. The number of piperidine rings is 3. The van der Waals surface area contributed by atoms with Crippen molar-refractivity contribution < 1.29 is 71.6 Å². The number of fused-ring (bicyclic) bond motifs is 3. The van der Waals surface area contributed by atoms with E-state index in [0.717, 1.165) is 78.9 Å². The van der Waals surface area contributed by atoms with Crippen LogP contribution in [0.25, 0.3) is 33.2 Å². The Hall–Kier alpha value is -10.9. The molecule has 10 amide bonds. The fourth-order valence-corrected chi connectivity index (χ4v) is 13.2. The Labute approximate surface area is 585 Å². The summed E-state index contributed by atoms with van der Waals surface area (Å²) < 4.78 is 32.1. The van der Waals surface area contributed by atoms with Gasteiger partial charge in [-0.2, -0.15) is 10.2 Å². The standard InChI is InChI=1S/C73H78N14O15/c74-69(93)57-11-1-6-49-39-85(81-67(49)57)54-18-14-45(15-19-54)47-8-4-24-83(37-47)26-28-98-30-32-100-41-62(89)76-51-34-52(36-53(35-51)78-64(91)43-102-44-65(92)79-59-13-3-10-56-66(59)73(97)87(72(56)96)60-22-23-61(88)80-71(60)95)77-63(90)42-101-33-31-99-29-27-84-25-5-9-48(38-84)46-16-20-55(21-17-46)86-40-50-7-2-12-58(70(75)94)68(50)82-86/h1-3,6-7,10-21,34-36,39-40,47-48,60H,4-5,8-9,22-33,37-38,41-44H2,(H2,74,93)(H2,75,94)(H,76,89)(H,77,90)(H,78,91)(H,79,92)(H,80,88,95)/t47-,48-,60?/m1/s1. The van der Waals surface area contributed by atoms with Gasteiger partial charge in [-0.05, 0) is 135 Å². The number of nitrogens with zero attached hydrogens (tertiary/aromatic N) is 7. The van der Waals surface area contributed by atoms with Gasteiger partial charge in [0.2, 0.25) is 35.4 Å². The molecule has 29 heteroatoms. The van der Waals surface area contributed by atoms with Gasteiger partial charge >= 0.3 is 0 Å². The lowest BCUT2D eigenvalue weighted by atomic mass is 9.90. The van der Waals surface area contributed by atoms with Gasteiger partial charge < -0.3 is 66.2 Å². The van der Waals surface area contributed by atoms with Crippen LogP contribution in [0.4, 0.5) is 22.7 Å². The van der Waals surface area contributed by atoms with Crippen LogP contribution >= 0.6 is 0 Å². The molecule has 8 aromatic rings. The molecular formula is C73H78N14O15. The lowest BCUT2D eigenvalue weighted by molar-refractivity contribution is -0.136. The summed E-state index contributed by atoms with van der Waals surface area (Å²) in [5.41, 5.74) is 17.5. The molecule has 29 nitrogen and oxygen atoms in total. The van der Waals surface area contributed by atoms with E-state index in [0.29, 0.717) is 60.3 Å². The minimum absolute atomic E-state index is 0.0280. The maximum absolute atomic E-state index is 13.6. The number of anilines is 4. The van der Waals surface area contributed by atoms with Crippen LogP contribution in [0.5, 0.6) is 0 Å². The van der Waals surface area contributed by atoms with E-state index in [-0.39, 0.29) is 86.4 Å². The summed E-state index contributed by atoms with van der Waals surface area (Å²) in [5, 5.41) is 23.7. The van der Waals surface area contributed by atoms with Crippen LogP contribution in [0.15, 0.2) is 134 Å². The van der Waals surface area contributed by atoms with Crippen molar-refractivity contribution >= 4 is 104 Å². The molecule has 12 rings (SSSR count). The number of likely N-dealkylation sites (tertiary alicyclic amines) is 2.